The second kappa shape index (κ2) is 5.99. The molecule has 0 amide bonds. The first-order valence-electron chi connectivity index (χ1n) is 5.88. The molecule has 0 radical (unpaired) electrons. The number of fused-ring (bicyclic) bond motifs is 1. The molecule has 1 atom stereocenters. The number of alkyl halides is 3. The van der Waals surface area contributed by atoms with E-state index in [2.05, 4.69) is 4.74 Å². The van der Waals surface area contributed by atoms with E-state index in [4.69, 9.17) is 11.6 Å². The van der Waals surface area contributed by atoms with Crippen LogP contribution < -0.4 is 0 Å². The maximum Gasteiger partial charge on any atom is 0.411 e. The summed E-state index contributed by atoms with van der Waals surface area (Å²) in [7, 11) is 0. The molecule has 108 valence electrons. The topological polar surface area (TPSA) is 29.5 Å². The summed E-state index contributed by atoms with van der Waals surface area (Å²) in [5.41, 5.74) is 0.493. The molecule has 0 aliphatic carbocycles. The number of aliphatic hydroxyl groups is 1. The third-order valence-corrected chi connectivity index (χ3v) is 3.13. The van der Waals surface area contributed by atoms with Gasteiger partial charge in [0, 0.05) is 10.4 Å². The average molecular weight is 305 g/mol. The first-order valence-corrected chi connectivity index (χ1v) is 6.26. The van der Waals surface area contributed by atoms with Crippen LogP contribution in [-0.4, -0.2) is 24.5 Å². The molecular weight excluding hydrogens is 293 g/mol. The summed E-state index contributed by atoms with van der Waals surface area (Å²) in [6.07, 6.45) is -5.54. The summed E-state index contributed by atoms with van der Waals surface area (Å²) in [5, 5.41) is 11.9. The van der Waals surface area contributed by atoms with E-state index in [1.54, 1.807) is 36.4 Å². The van der Waals surface area contributed by atoms with Crippen LogP contribution in [0.4, 0.5) is 13.2 Å². The summed E-state index contributed by atoms with van der Waals surface area (Å²) in [6, 6.07) is 10.3. The Balaban J connectivity index is 2.18. The van der Waals surface area contributed by atoms with Crippen LogP contribution in [0.3, 0.4) is 0 Å². The summed E-state index contributed by atoms with van der Waals surface area (Å²) in [6.45, 7) is -1.80. The van der Waals surface area contributed by atoms with E-state index in [9.17, 15) is 18.3 Å². The van der Waals surface area contributed by atoms with Crippen molar-refractivity contribution < 1.29 is 23.0 Å². The third kappa shape index (κ3) is 3.62. The molecule has 0 saturated carbocycles. The van der Waals surface area contributed by atoms with Crippen molar-refractivity contribution >= 4 is 22.4 Å². The fourth-order valence-corrected chi connectivity index (χ4v) is 2.18. The van der Waals surface area contributed by atoms with Gasteiger partial charge in [-0.25, -0.2) is 0 Å². The summed E-state index contributed by atoms with van der Waals surface area (Å²) >= 11 is 6.04. The van der Waals surface area contributed by atoms with Gasteiger partial charge in [-0.3, -0.25) is 0 Å². The van der Waals surface area contributed by atoms with Gasteiger partial charge in [-0.2, -0.15) is 13.2 Å². The van der Waals surface area contributed by atoms with Crippen molar-refractivity contribution in [3.63, 3.8) is 0 Å². The van der Waals surface area contributed by atoms with Crippen molar-refractivity contribution in [1.29, 1.82) is 0 Å². The summed E-state index contributed by atoms with van der Waals surface area (Å²) in [4.78, 5) is 0. The Morgan fingerprint density at radius 1 is 1.10 bits per heavy atom. The number of hydrogen-bond acceptors (Lipinski definition) is 2. The van der Waals surface area contributed by atoms with Gasteiger partial charge in [0.1, 0.15) is 12.7 Å². The molecule has 0 aromatic heterocycles. The zero-order valence-electron chi connectivity index (χ0n) is 10.3. The zero-order chi connectivity index (χ0) is 14.8. The molecule has 6 heteroatoms. The van der Waals surface area contributed by atoms with E-state index in [0.29, 0.717) is 16.0 Å². The van der Waals surface area contributed by atoms with Crippen molar-refractivity contribution in [3.8, 4) is 0 Å². The Bertz CT molecular complexity index is 598. The first kappa shape index (κ1) is 15.1. The Morgan fingerprint density at radius 3 is 2.40 bits per heavy atom. The Labute approximate surface area is 118 Å². The molecule has 0 heterocycles. The van der Waals surface area contributed by atoms with Gasteiger partial charge < -0.3 is 9.84 Å². The van der Waals surface area contributed by atoms with Gasteiger partial charge in [-0.1, -0.05) is 41.9 Å². The van der Waals surface area contributed by atoms with Gasteiger partial charge >= 0.3 is 6.18 Å². The van der Waals surface area contributed by atoms with Crippen LogP contribution in [0.1, 0.15) is 11.7 Å². The second-order valence-electron chi connectivity index (χ2n) is 4.33. The van der Waals surface area contributed by atoms with Gasteiger partial charge in [0.15, 0.2) is 0 Å². The van der Waals surface area contributed by atoms with Gasteiger partial charge in [-0.15, -0.1) is 0 Å². The van der Waals surface area contributed by atoms with Gasteiger partial charge in [0.2, 0.25) is 0 Å². The molecule has 0 saturated heterocycles. The van der Waals surface area contributed by atoms with Crippen LogP contribution in [0.2, 0.25) is 5.02 Å². The highest BCUT2D eigenvalue weighted by Crippen LogP contribution is 2.30. The van der Waals surface area contributed by atoms with E-state index in [1.807, 2.05) is 0 Å². The molecule has 2 aromatic rings. The highest BCUT2D eigenvalue weighted by atomic mass is 35.5. The molecule has 2 aromatic carbocycles. The molecule has 0 bridgehead atoms. The number of halogens is 4. The predicted molar refractivity (Wildman–Crippen MR) is 70.8 cm³/mol. The SMILES string of the molecule is OC(COCC(F)(F)F)c1ccc(Cl)c2ccccc12. The van der Waals surface area contributed by atoms with E-state index < -0.39 is 25.5 Å². The molecule has 2 nitrogen and oxygen atoms in total. The van der Waals surface area contributed by atoms with E-state index in [-0.39, 0.29) is 0 Å². The van der Waals surface area contributed by atoms with Crippen molar-refractivity contribution in [2.45, 2.75) is 12.3 Å². The Hall–Kier alpha value is -1.30. The third-order valence-electron chi connectivity index (χ3n) is 2.81. The lowest BCUT2D eigenvalue weighted by atomic mass is 10.0. The maximum absolute atomic E-state index is 12.0. The molecule has 0 fully saturated rings. The van der Waals surface area contributed by atoms with E-state index >= 15 is 0 Å². The van der Waals surface area contributed by atoms with Crippen molar-refractivity contribution in [2.75, 3.05) is 13.2 Å². The molecule has 0 spiro atoms. The number of rotatable bonds is 4. The molecule has 1 N–H and O–H groups in total. The lowest BCUT2D eigenvalue weighted by Crippen LogP contribution is -2.19. The molecule has 2 rings (SSSR count). The number of benzene rings is 2. The van der Waals surface area contributed by atoms with Gasteiger partial charge in [-0.05, 0) is 17.0 Å². The first-order chi connectivity index (χ1) is 9.38. The Morgan fingerprint density at radius 2 is 1.75 bits per heavy atom. The second-order valence-corrected chi connectivity index (χ2v) is 4.74. The molecule has 0 aliphatic heterocycles. The summed E-state index contributed by atoms with van der Waals surface area (Å²) < 4.78 is 40.5. The fourth-order valence-electron chi connectivity index (χ4n) is 1.95. The van der Waals surface area contributed by atoms with Crippen LogP contribution in [0.15, 0.2) is 36.4 Å². The smallest absolute Gasteiger partial charge is 0.386 e. The molecule has 0 aliphatic rings. The van der Waals surface area contributed by atoms with Crippen LogP contribution in [-0.2, 0) is 4.74 Å². The monoisotopic (exact) mass is 304 g/mol. The number of hydrogen-bond donors (Lipinski definition) is 1. The standard InChI is InChI=1S/C14H12ClF3O2/c15-12-6-5-11(9-3-1-2-4-10(9)12)13(19)7-20-8-14(16,17)18/h1-6,13,19H,7-8H2. The minimum absolute atomic E-state index is 0.425. The fraction of sp³-hybridized carbons (Fsp3) is 0.286. The maximum atomic E-state index is 12.0. The quantitative estimate of drug-likeness (QED) is 0.921. The normalized spacial score (nSPS) is 13.7. The van der Waals surface area contributed by atoms with E-state index in [1.165, 1.54) is 0 Å². The Kier molecular flexibility index (Phi) is 4.52. The van der Waals surface area contributed by atoms with Crippen molar-refractivity contribution in [1.82, 2.24) is 0 Å². The molecular formula is C14H12ClF3O2. The average Bonchev–Trinajstić information content (AvgIpc) is 2.38. The lowest BCUT2D eigenvalue weighted by molar-refractivity contribution is -0.179. The summed E-state index contributed by atoms with van der Waals surface area (Å²) in [5.74, 6) is 0. The van der Waals surface area contributed by atoms with Crippen molar-refractivity contribution in [3.05, 3.63) is 47.0 Å². The van der Waals surface area contributed by atoms with Gasteiger partial charge in [0.25, 0.3) is 0 Å². The van der Waals surface area contributed by atoms with Crippen LogP contribution in [0.25, 0.3) is 10.8 Å². The minimum atomic E-state index is -4.40. The number of ether oxygens (including phenoxy) is 1. The molecule has 1 unspecified atom stereocenters. The largest absolute Gasteiger partial charge is 0.411 e. The lowest BCUT2D eigenvalue weighted by Gasteiger charge is -2.15. The number of aliphatic hydroxyl groups excluding tert-OH is 1. The van der Waals surface area contributed by atoms with Crippen LogP contribution >= 0.6 is 11.6 Å². The van der Waals surface area contributed by atoms with Crippen LogP contribution in [0, 0.1) is 0 Å². The molecule has 20 heavy (non-hydrogen) atoms. The van der Waals surface area contributed by atoms with E-state index in [0.717, 1.165) is 5.39 Å². The highest BCUT2D eigenvalue weighted by Gasteiger charge is 2.28. The van der Waals surface area contributed by atoms with Gasteiger partial charge in [0.05, 0.1) is 6.61 Å². The highest BCUT2D eigenvalue weighted by molar-refractivity contribution is 6.35. The predicted octanol–water partition coefficient (Wildman–Crippen LogP) is 4.11. The van der Waals surface area contributed by atoms with Crippen molar-refractivity contribution in [2.24, 2.45) is 0 Å². The zero-order valence-corrected chi connectivity index (χ0v) is 11.1. The minimum Gasteiger partial charge on any atom is -0.386 e. The van der Waals surface area contributed by atoms with Crippen LogP contribution in [0.5, 0.6) is 0 Å².